The summed E-state index contributed by atoms with van der Waals surface area (Å²) in [4.78, 5) is 16.4. The number of carbonyl (C=O) groups excluding carboxylic acids is 1. The van der Waals surface area contributed by atoms with E-state index in [4.69, 9.17) is 0 Å². The number of thiophene rings is 1. The molecule has 0 aromatic carbocycles. The number of fused-ring (bicyclic) bond motifs is 3. The number of carbonyl (C=O) groups is 1. The molecule has 1 aromatic heterocycles. The van der Waals surface area contributed by atoms with Crippen molar-refractivity contribution in [1.82, 2.24) is 10.2 Å². The molecule has 4 rings (SSSR count). The molecule has 1 amide bonds. The molecule has 0 saturated heterocycles. The second-order valence-corrected chi connectivity index (χ2v) is 8.30. The molecule has 1 aromatic rings. The van der Waals surface area contributed by atoms with E-state index in [1.165, 1.54) is 42.5 Å². The fourth-order valence-corrected chi connectivity index (χ4v) is 6.06. The Hall–Kier alpha value is -0.870. The Morgan fingerprint density at radius 2 is 2.27 bits per heavy atom. The van der Waals surface area contributed by atoms with E-state index in [2.05, 4.69) is 21.7 Å². The minimum Gasteiger partial charge on any atom is -0.340 e. The van der Waals surface area contributed by atoms with Crippen LogP contribution in [0.1, 0.15) is 48.6 Å². The lowest BCUT2D eigenvalue weighted by atomic mass is 9.87. The summed E-state index contributed by atoms with van der Waals surface area (Å²) in [5, 5.41) is 5.38. The van der Waals surface area contributed by atoms with Gasteiger partial charge in [0, 0.05) is 18.0 Å². The highest BCUT2D eigenvalue weighted by molar-refractivity contribution is 7.10. The van der Waals surface area contributed by atoms with Crippen LogP contribution in [0.3, 0.4) is 0 Å². The Morgan fingerprint density at radius 1 is 1.36 bits per heavy atom. The molecule has 3 aliphatic rings. The van der Waals surface area contributed by atoms with Gasteiger partial charge < -0.3 is 10.2 Å². The van der Waals surface area contributed by atoms with Gasteiger partial charge in [0.25, 0.3) is 0 Å². The van der Waals surface area contributed by atoms with Crippen LogP contribution in [0.4, 0.5) is 0 Å². The smallest absolute Gasteiger partial charge is 0.245 e. The molecule has 0 radical (unpaired) electrons. The summed E-state index contributed by atoms with van der Waals surface area (Å²) in [6.45, 7) is 1.89. The molecule has 2 fully saturated rings. The average molecular weight is 318 g/mol. The summed E-state index contributed by atoms with van der Waals surface area (Å²) >= 11 is 1.73. The fraction of sp³-hybridized carbons (Fsp3) is 0.722. The number of amides is 1. The minimum atomic E-state index is -0.127. The van der Waals surface area contributed by atoms with Crippen LogP contribution in [0.25, 0.3) is 0 Å². The number of nitrogens with one attached hydrogen (secondary N) is 1. The van der Waals surface area contributed by atoms with E-state index >= 15 is 0 Å². The van der Waals surface area contributed by atoms with Crippen molar-refractivity contribution in [2.24, 2.45) is 17.8 Å². The second kappa shape index (κ2) is 5.97. The Bertz CT molecular complexity index is 555. The first-order valence-corrected chi connectivity index (χ1v) is 9.66. The lowest BCUT2D eigenvalue weighted by molar-refractivity contribution is -0.134. The molecular formula is C18H26N2OS. The molecule has 2 heterocycles. The van der Waals surface area contributed by atoms with Crippen LogP contribution in [0.15, 0.2) is 11.4 Å². The fourth-order valence-electron chi connectivity index (χ4n) is 5.01. The number of likely N-dealkylation sites (N-methyl/N-ethyl adjacent to an activating group) is 1. The number of nitrogens with zero attached hydrogens (tertiary/aromatic N) is 1. The first kappa shape index (κ1) is 14.7. The number of hydrogen-bond donors (Lipinski definition) is 1. The van der Waals surface area contributed by atoms with E-state index in [1.807, 2.05) is 7.05 Å². The molecule has 2 saturated carbocycles. The van der Waals surface area contributed by atoms with Crippen molar-refractivity contribution in [3.63, 3.8) is 0 Å². The maximum Gasteiger partial charge on any atom is 0.245 e. The van der Waals surface area contributed by atoms with Crippen molar-refractivity contribution >= 4 is 17.2 Å². The van der Waals surface area contributed by atoms with Crippen LogP contribution in [0.2, 0.25) is 0 Å². The summed E-state index contributed by atoms with van der Waals surface area (Å²) in [7, 11) is 1.91. The highest BCUT2D eigenvalue weighted by atomic mass is 32.1. The zero-order valence-corrected chi connectivity index (χ0v) is 14.2. The van der Waals surface area contributed by atoms with E-state index in [9.17, 15) is 4.79 Å². The van der Waals surface area contributed by atoms with E-state index in [0.29, 0.717) is 5.91 Å². The Labute approximate surface area is 137 Å². The average Bonchev–Trinajstić information content (AvgIpc) is 3.06. The third-order valence-corrected chi connectivity index (χ3v) is 7.15. The van der Waals surface area contributed by atoms with Crippen molar-refractivity contribution in [1.29, 1.82) is 0 Å². The maximum absolute atomic E-state index is 13.0. The molecule has 4 atom stereocenters. The summed E-state index contributed by atoms with van der Waals surface area (Å²) in [6.07, 6.45) is 8.04. The summed E-state index contributed by atoms with van der Waals surface area (Å²) in [6, 6.07) is 2.07. The van der Waals surface area contributed by atoms with Gasteiger partial charge >= 0.3 is 0 Å². The SMILES string of the molecule is CNC1C(=O)N(CC2CC3CCCC2C3)CCc2ccsc21. The molecule has 3 nitrogen and oxygen atoms in total. The van der Waals surface area contributed by atoms with E-state index in [1.54, 1.807) is 11.3 Å². The standard InChI is InChI=1S/C18H26N2OS/c1-19-16-17-13(6-8-22-17)5-7-20(18(16)21)11-15-10-12-3-2-4-14(15)9-12/h6,8,12,14-16,19H,2-5,7,9-11H2,1H3. The van der Waals surface area contributed by atoms with Gasteiger partial charge in [-0.1, -0.05) is 19.3 Å². The third-order valence-electron chi connectivity index (χ3n) is 6.12. The largest absolute Gasteiger partial charge is 0.340 e. The Kier molecular flexibility index (Phi) is 3.99. The normalized spacial score (nSPS) is 34.6. The van der Waals surface area contributed by atoms with Crippen molar-refractivity contribution < 1.29 is 4.79 Å². The minimum absolute atomic E-state index is 0.127. The molecule has 0 spiro atoms. The van der Waals surface area contributed by atoms with Gasteiger partial charge in [-0.3, -0.25) is 4.79 Å². The van der Waals surface area contributed by atoms with E-state index in [-0.39, 0.29) is 6.04 Å². The molecule has 4 heteroatoms. The zero-order valence-electron chi connectivity index (χ0n) is 13.4. The molecule has 4 unspecified atom stereocenters. The quantitative estimate of drug-likeness (QED) is 0.928. The van der Waals surface area contributed by atoms with Gasteiger partial charge in [-0.25, -0.2) is 0 Å². The van der Waals surface area contributed by atoms with Gasteiger partial charge in [0.05, 0.1) is 0 Å². The van der Waals surface area contributed by atoms with Crippen LogP contribution < -0.4 is 5.32 Å². The molecule has 120 valence electrons. The van der Waals surface area contributed by atoms with Gasteiger partial charge in [0.2, 0.25) is 5.91 Å². The number of rotatable bonds is 3. The van der Waals surface area contributed by atoms with Crippen LogP contribution >= 0.6 is 11.3 Å². The molecule has 2 bridgehead atoms. The first-order valence-electron chi connectivity index (χ1n) is 8.78. The van der Waals surface area contributed by atoms with Crippen molar-refractivity contribution in [2.75, 3.05) is 20.1 Å². The monoisotopic (exact) mass is 318 g/mol. The van der Waals surface area contributed by atoms with E-state index in [0.717, 1.165) is 37.3 Å². The molecule has 2 aliphatic carbocycles. The Morgan fingerprint density at radius 3 is 3.09 bits per heavy atom. The lowest BCUT2D eigenvalue weighted by Crippen LogP contribution is -2.42. The van der Waals surface area contributed by atoms with Crippen LogP contribution in [0.5, 0.6) is 0 Å². The summed E-state index contributed by atoms with van der Waals surface area (Å²) in [5.41, 5.74) is 1.37. The third kappa shape index (κ3) is 2.50. The van der Waals surface area contributed by atoms with Crippen molar-refractivity contribution in [3.8, 4) is 0 Å². The second-order valence-electron chi connectivity index (χ2n) is 7.35. The predicted octanol–water partition coefficient (Wildman–Crippen LogP) is 3.22. The van der Waals surface area contributed by atoms with E-state index < -0.39 is 0 Å². The maximum atomic E-state index is 13.0. The van der Waals surface area contributed by atoms with Crippen molar-refractivity contribution in [2.45, 2.75) is 44.6 Å². The number of hydrogen-bond acceptors (Lipinski definition) is 3. The first-order chi connectivity index (χ1) is 10.8. The Balaban J connectivity index is 1.51. The zero-order chi connectivity index (χ0) is 15.1. The van der Waals surface area contributed by atoms with Crippen molar-refractivity contribution in [3.05, 3.63) is 21.9 Å². The summed E-state index contributed by atoms with van der Waals surface area (Å²) in [5.74, 6) is 2.89. The molecule has 22 heavy (non-hydrogen) atoms. The van der Waals surface area contributed by atoms with Gasteiger partial charge in [-0.15, -0.1) is 11.3 Å². The van der Waals surface area contributed by atoms with Gasteiger partial charge in [-0.05, 0) is 61.1 Å². The lowest BCUT2D eigenvalue weighted by Gasteiger charge is -2.29. The predicted molar refractivity (Wildman–Crippen MR) is 90.0 cm³/mol. The van der Waals surface area contributed by atoms with Gasteiger partial charge in [0.15, 0.2) is 0 Å². The molecule has 1 N–H and O–H groups in total. The summed E-state index contributed by atoms with van der Waals surface area (Å²) < 4.78 is 0. The molecular weight excluding hydrogens is 292 g/mol. The van der Waals surface area contributed by atoms with Crippen LogP contribution in [-0.4, -0.2) is 30.9 Å². The van der Waals surface area contributed by atoms with Crippen LogP contribution in [-0.2, 0) is 11.2 Å². The van der Waals surface area contributed by atoms with Gasteiger partial charge in [-0.2, -0.15) is 0 Å². The van der Waals surface area contributed by atoms with Crippen LogP contribution in [0, 0.1) is 17.8 Å². The van der Waals surface area contributed by atoms with Gasteiger partial charge in [0.1, 0.15) is 6.04 Å². The highest BCUT2D eigenvalue weighted by Crippen LogP contribution is 2.46. The highest BCUT2D eigenvalue weighted by Gasteiger charge is 2.39. The topological polar surface area (TPSA) is 32.3 Å². The molecule has 1 aliphatic heterocycles.